The van der Waals surface area contributed by atoms with Crippen molar-refractivity contribution in [3.05, 3.63) is 39.0 Å². The monoisotopic (exact) mass is 400 g/mol. The van der Waals surface area contributed by atoms with E-state index >= 15 is 0 Å². The van der Waals surface area contributed by atoms with Crippen LogP contribution < -0.4 is 15.4 Å². The van der Waals surface area contributed by atoms with Gasteiger partial charge in [-0.2, -0.15) is 0 Å². The lowest BCUT2D eigenvalue weighted by molar-refractivity contribution is -0.140. The van der Waals surface area contributed by atoms with Crippen LogP contribution in [-0.4, -0.2) is 25.2 Å². The van der Waals surface area contributed by atoms with Crippen molar-refractivity contribution in [2.75, 3.05) is 13.2 Å². The highest BCUT2D eigenvalue weighted by Crippen LogP contribution is 2.38. The van der Waals surface area contributed by atoms with Crippen molar-refractivity contribution in [3.63, 3.8) is 0 Å². The number of halogens is 2. The number of carbonyl (C=O) groups is 2. The number of hydrogen-bond donors (Lipinski definition) is 2. The number of hydrogen-bond acceptors (Lipinski definition) is 4. The van der Waals surface area contributed by atoms with Gasteiger partial charge in [0.05, 0.1) is 34.9 Å². The van der Waals surface area contributed by atoms with Gasteiger partial charge in [0.15, 0.2) is 5.75 Å². The fourth-order valence-electron chi connectivity index (χ4n) is 2.56. The molecule has 0 saturated carbocycles. The lowest BCUT2D eigenvalue weighted by Gasteiger charge is -2.28. The zero-order chi connectivity index (χ0) is 19.4. The van der Waals surface area contributed by atoms with E-state index in [4.69, 9.17) is 32.7 Å². The van der Waals surface area contributed by atoms with Crippen molar-refractivity contribution in [3.8, 4) is 5.75 Å². The van der Waals surface area contributed by atoms with Crippen LogP contribution in [0.2, 0.25) is 10.0 Å². The van der Waals surface area contributed by atoms with Gasteiger partial charge in [0.1, 0.15) is 0 Å². The number of amides is 2. The van der Waals surface area contributed by atoms with Gasteiger partial charge in [-0.1, -0.05) is 37.0 Å². The molecule has 2 rings (SSSR count). The summed E-state index contributed by atoms with van der Waals surface area (Å²) in [5.74, 6) is 0.0538. The third-order valence-electron chi connectivity index (χ3n) is 3.68. The molecule has 1 aromatic carbocycles. The van der Waals surface area contributed by atoms with Gasteiger partial charge in [-0.05, 0) is 37.5 Å². The molecule has 0 fully saturated rings. The Morgan fingerprint density at radius 3 is 2.42 bits per heavy atom. The maximum absolute atomic E-state index is 12.6. The Morgan fingerprint density at radius 1 is 1.27 bits per heavy atom. The first-order chi connectivity index (χ1) is 12.2. The molecule has 0 saturated heterocycles. The van der Waals surface area contributed by atoms with Gasteiger partial charge in [0.2, 0.25) is 0 Å². The topological polar surface area (TPSA) is 76.7 Å². The molecule has 6 nitrogen and oxygen atoms in total. The van der Waals surface area contributed by atoms with Crippen molar-refractivity contribution >= 4 is 35.2 Å². The first kappa shape index (κ1) is 20.4. The van der Waals surface area contributed by atoms with Gasteiger partial charge >= 0.3 is 12.0 Å². The lowest BCUT2D eigenvalue weighted by Crippen LogP contribution is -2.45. The fraction of sp³-hybridized carbons (Fsp3) is 0.444. The Labute approximate surface area is 162 Å². The van der Waals surface area contributed by atoms with E-state index in [-0.39, 0.29) is 12.5 Å². The van der Waals surface area contributed by atoms with Crippen molar-refractivity contribution in [2.24, 2.45) is 5.92 Å². The Balaban J connectivity index is 2.43. The maximum atomic E-state index is 12.6. The molecule has 1 atom stereocenters. The van der Waals surface area contributed by atoms with Crippen LogP contribution in [0.3, 0.4) is 0 Å². The van der Waals surface area contributed by atoms with Gasteiger partial charge in [0, 0.05) is 5.70 Å². The number of rotatable bonds is 6. The second-order valence-corrected chi connectivity index (χ2v) is 7.12. The van der Waals surface area contributed by atoms with Crippen LogP contribution in [-0.2, 0) is 9.53 Å². The molecule has 0 aliphatic carbocycles. The highest BCUT2D eigenvalue weighted by atomic mass is 35.5. The molecule has 26 heavy (non-hydrogen) atoms. The predicted molar refractivity (Wildman–Crippen MR) is 101 cm³/mol. The van der Waals surface area contributed by atoms with E-state index in [0.717, 1.165) is 0 Å². The van der Waals surface area contributed by atoms with E-state index in [0.29, 0.717) is 39.2 Å². The number of esters is 1. The molecule has 8 heteroatoms. The van der Waals surface area contributed by atoms with Crippen molar-refractivity contribution in [1.82, 2.24) is 10.6 Å². The van der Waals surface area contributed by atoms with Crippen LogP contribution in [0.4, 0.5) is 4.79 Å². The van der Waals surface area contributed by atoms with E-state index in [9.17, 15) is 9.59 Å². The Kier molecular flexibility index (Phi) is 6.78. The van der Waals surface area contributed by atoms with E-state index in [1.165, 1.54) is 0 Å². The minimum atomic E-state index is -0.728. The second-order valence-electron chi connectivity index (χ2n) is 6.31. The third-order valence-corrected chi connectivity index (χ3v) is 4.24. The number of carbonyl (C=O) groups excluding carboxylic acids is 2. The Bertz CT molecular complexity index is 724. The Morgan fingerprint density at radius 2 is 1.88 bits per heavy atom. The fourth-order valence-corrected chi connectivity index (χ4v) is 3.18. The number of allylic oxidation sites excluding steroid dienone is 1. The van der Waals surface area contributed by atoms with Crippen LogP contribution in [0.15, 0.2) is 23.4 Å². The largest absolute Gasteiger partial charge is 0.491 e. The highest BCUT2D eigenvalue weighted by molar-refractivity contribution is 6.37. The van der Waals surface area contributed by atoms with Crippen LogP contribution in [0, 0.1) is 5.92 Å². The minimum absolute atomic E-state index is 0.193. The number of nitrogens with one attached hydrogen (secondary N) is 2. The van der Waals surface area contributed by atoms with Crippen molar-refractivity contribution in [1.29, 1.82) is 0 Å². The molecule has 0 bridgehead atoms. The van der Waals surface area contributed by atoms with Crippen molar-refractivity contribution in [2.45, 2.75) is 33.7 Å². The summed E-state index contributed by atoms with van der Waals surface area (Å²) in [5.41, 5.74) is 1.30. The predicted octanol–water partition coefficient (Wildman–Crippen LogP) is 4.22. The highest BCUT2D eigenvalue weighted by Gasteiger charge is 2.33. The van der Waals surface area contributed by atoms with E-state index < -0.39 is 18.0 Å². The molecule has 142 valence electrons. The van der Waals surface area contributed by atoms with Crippen LogP contribution in [0.25, 0.3) is 0 Å². The van der Waals surface area contributed by atoms with Crippen LogP contribution in [0.1, 0.15) is 39.3 Å². The average molecular weight is 401 g/mol. The van der Waals surface area contributed by atoms with Crippen LogP contribution >= 0.6 is 23.2 Å². The summed E-state index contributed by atoms with van der Waals surface area (Å²) in [6.07, 6.45) is 0. The second kappa shape index (κ2) is 8.64. The molecule has 1 aliphatic rings. The summed E-state index contributed by atoms with van der Waals surface area (Å²) >= 11 is 12.5. The molecular weight excluding hydrogens is 379 g/mol. The molecule has 1 heterocycles. The van der Waals surface area contributed by atoms with Gasteiger partial charge in [0.25, 0.3) is 0 Å². The molecule has 2 amide bonds. The molecule has 0 aromatic heterocycles. The van der Waals surface area contributed by atoms with Crippen LogP contribution in [0.5, 0.6) is 5.75 Å². The quantitative estimate of drug-likeness (QED) is 0.700. The molecule has 0 spiro atoms. The van der Waals surface area contributed by atoms with E-state index in [2.05, 4.69) is 10.6 Å². The van der Waals surface area contributed by atoms with Gasteiger partial charge < -0.3 is 20.1 Å². The van der Waals surface area contributed by atoms with E-state index in [1.54, 1.807) is 19.1 Å². The standard InChI is InChI=1S/C18H22Cl2N2O4/c1-5-25-16-12(19)6-11(7-13(16)20)15-14(10(4)21-18(24)22-15)17(23)26-8-9(2)3/h6-7,9,15H,5,8H2,1-4H3,(H2,21,22,24). The molecule has 1 unspecified atom stereocenters. The first-order valence-corrected chi connectivity index (χ1v) is 9.07. The summed E-state index contributed by atoms with van der Waals surface area (Å²) in [5, 5.41) is 5.92. The molecular formula is C18H22Cl2N2O4. The zero-order valence-electron chi connectivity index (χ0n) is 15.1. The molecule has 1 aromatic rings. The van der Waals surface area contributed by atoms with Gasteiger partial charge in [-0.15, -0.1) is 0 Å². The molecule has 1 aliphatic heterocycles. The smallest absolute Gasteiger partial charge is 0.338 e. The third kappa shape index (κ3) is 4.62. The maximum Gasteiger partial charge on any atom is 0.338 e. The van der Waals surface area contributed by atoms with Gasteiger partial charge in [-0.3, -0.25) is 0 Å². The SMILES string of the molecule is CCOc1c(Cl)cc(C2NC(=O)NC(C)=C2C(=O)OCC(C)C)cc1Cl. The van der Waals surface area contributed by atoms with E-state index in [1.807, 2.05) is 20.8 Å². The summed E-state index contributed by atoms with van der Waals surface area (Å²) in [6, 6.07) is 2.10. The summed E-state index contributed by atoms with van der Waals surface area (Å²) in [6.45, 7) is 8.05. The minimum Gasteiger partial charge on any atom is -0.491 e. The van der Waals surface area contributed by atoms with Crippen molar-refractivity contribution < 1.29 is 19.1 Å². The number of ether oxygens (including phenoxy) is 2. The summed E-state index contributed by atoms with van der Waals surface area (Å²) in [4.78, 5) is 24.5. The molecule has 0 radical (unpaired) electrons. The number of urea groups is 1. The summed E-state index contributed by atoms with van der Waals surface area (Å²) < 4.78 is 10.8. The lowest BCUT2D eigenvalue weighted by atomic mass is 9.95. The summed E-state index contributed by atoms with van der Waals surface area (Å²) in [7, 11) is 0. The zero-order valence-corrected chi connectivity index (χ0v) is 16.6. The average Bonchev–Trinajstić information content (AvgIpc) is 2.55. The first-order valence-electron chi connectivity index (χ1n) is 8.31. The molecule has 2 N–H and O–H groups in total. The Hall–Kier alpha value is -1.92. The number of benzene rings is 1. The van der Waals surface area contributed by atoms with Gasteiger partial charge in [-0.25, -0.2) is 9.59 Å². The normalized spacial score (nSPS) is 17.0.